The summed E-state index contributed by atoms with van der Waals surface area (Å²) in [5, 5.41) is 19.0. The van der Waals surface area contributed by atoms with Crippen molar-refractivity contribution < 1.29 is 15.0 Å². The first-order chi connectivity index (χ1) is 8.33. The fourth-order valence-corrected chi connectivity index (χ4v) is 1.93. The lowest BCUT2D eigenvalue weighted by Crippen LogP contribution is -2.45. The summed E-state index contributed by atoms with van der Waals surface area (Å²) in [5.74, 6) is -2.68. The van der Waals surface area contributed by atoms with Crippen LogP contribution in [0.2, 0.25) is 0 Å². The number of rotatable bonds is 2. The molecule has 0 heterocycles. The SMILES string of the molecule is O=C(C1=CC(Cl)(Cl)C(O)(O)C=C1)c1ccccc1. The third-order valence-corrected chi connectivity index (χ3v) is 3.40. The number of carbonyl (C=O) groups is 1. The number of carbonyl (C=O) groups excluding carboxylic acids is 1. The van der Waals surface area contributed by atoms with Gasteiger partial charge in [0, 0.05) is 11.1 Å². The predicted octanol–water partition coefficient (Wildman–Crippen LogP) is 2.22. The van der Waals surface area contributed by atoms with E-state index in [1.54, 1.807) is 30.3 Å². The summed E-state index contributed by atoms with van der Waals surface area (Å²) in [5.41, 5.74) is 0.686. The molecule has 2 N–H and O–H groups in total. The van der Waals surface area contributed by atoms with Crippen LogP contribution >= 0.6 is 23.2 Å². The van der Waals surface area contributed by atoms with Gasteiger partial charge in [0.25, 0.3) is 0 Å². The Hall–Kier alpha value is -1.13. The fraction of sp³-hybridized carbons (Fsp3) is 0.154. The van der Waals surface area contributed by atoms with E-state index in [4.69, 9.17) is 23.2 Å². The first-order valence-corrected chi connectivity index (χ1v) is 5.93. The molecule has 0 fully saturated rings. The maximum absolute atomic E-state index is 12.1. The lowest BCUT2D eigenvalue weighted by atomic mass is 9.95. The second-order valence-electron chi connectivity index (χ2n) is 3.98. The summed E-state index contributed by atoms with van der Waals surface area (Å²) in [7, 11) is 0. The third kappa shape index (κ3) is 2.35. The van der Waals surface area contributed by atoms with Crippen LogP contribution in [0, 0.1) is 0 Å². The summed E-state index contributed by atoms with van der Waals surface area (Å²) in [6, 6.07) is 8.57. The van der Waals surface area contributed by atoms with Crippen molar-refractivity contribution in [3.8, 4) is 0 Å². The van der Waals surface area contributed by atoms with E-state index in [2.05, 4.69) is 0 Å². The molecule has 0 spiro atoms. The maximum atomic E-state index is 12.1. The number of hydrogen-bond donors (Lipinski definition) is 2. The van der Waals surface area contributed by atoms with E-state index in [1.165, 1.54) is 6.08 Å². The number of ketones is 1. The highest BCUT2D eigenvalue weighted by Gasteiger charge is 2.46. The zero-order valence-electron chi connectivity index (χ0n) is 9.18. The van der Waals surface area contributed by atoms with E-state index in [9.17, 15) is 15.0 Å². The number of aliphatic hydroxyl groups is 2. The third-order valence-electron chi connectivity index (χ3n) is 2.62. The Labute approximate surface area is 114 Å². The minimum absolute atomic E-state index is 0.213. The molecule has 0 amide bonds. The van der Waals surface area contributed by atoms with Crippen molar-refractivity contribution in [1.82, 2.24) is 0 Å². The topological polar surface area (TPSA) is 57.5 Å². The normalized spacial score (nSPS) is 20.3. The van der Waals surface area contributed by atoms with Crippen molar-refractivity contribution in [3.05, 3.63) is 59.7 Å². The molecule has 2 rings (SSSR count). The average molecular weight is 285 g/mol. The van der Waals surface area contributed by atoms with E-state index in [0.717, 1.165) is 12.2 Å². The van der Waals surface area contributed by atoms with Gasteiger partial charge in [-0.1, -0.05) is 53.5 Å². The van der Waals surface area contributed by atoms with Gasteiger partial charge in [0.2, 0.25) is 5.79 Å². The zero-order chi connectivity index (χ0) is 13.4. The Morgan fingerprint density at radius 3 is 2.28 bits per heavy atom. The Morgan fingerprint density at radius 1 is 1.11 bits per heavy atom. The number of allylic oxidation sites excluding steroid dienone is 2. The summed E-state index contributed by atoms with van der Waals surface area (Å²) in [4.78, 5) is 12.1. The quantitative estimate of drug-likeness (QED) is 0.497. The molecule has 0 unspecified atom stereocenters. The standard InChI is InChI=1S/C13H10Cl2O3/c14-12(15)8-10(6-7-13(12,17)18)11(16)9-4-2-1-3-5-9/h1-8,17-18H. The minimum Gasteiger partial charge on any atom is -0.360 e. The molecule has 0 bridgehead atoms. The van der Waals surface area contributed by atoms with Gasteiger partial charge in [-0.3, -0.25) is 4.79 Å². The lowest BCUT2D eigenvalue weighted by molar-refractivity contribution is -0.121. The van der Waals surface area contributed by atoms with Crippen LogP contribution in [0.1, 0.15) is 10.4 Å². The van der Waals surface area contributed by atoms with Crippen molar-refractivity contribution in [2.45, 2.75) is 10.1 Å². The van der Waals surface area contributed by atoms with Gasteiger partial charge in [-0.05, 0) is 18.2 Å². The molecule has 1 aromatic rings. The van der Waals surface area contributed by atoms with Crippen LogP contribution in [0.4, 0.5) is 0 Å². The van der Waals surface area contributed by atoms with E-state index < -0.39 is 10.1 Å². The van der Waals surface area contributed by atoms with Gasteiger partial charge in [-0.15, -0.1) is 0 Å². The van der Waals surface area contributed by atoms with Gasteiger partial charge in [0.1, 0.15) is 0 Å². The highest BCUT2D eigenvalue weighted by atomic mass is 35.5. The molecular formula is C13H10Cl2O3. The number of hydrogen-bond acceptors (Lipinski definition) is 3. The van der Waals surface area contributed by atoms with Crippen LogP contribution in [0.5, 0.6) is 0 Å². The van der Waals surface area contributed by atoms with E-state index in [1.807, 2.05) is 0 Å². The van der Waals surface area contributed by atoms with Crippen molar-refractivity contribution in [2.75, 3.05) is 0 Å². The molecule has 0 aromatic heterocycles. The van der Waals surface area contributed by atoms with Gasteiger partial charge in [0.05, 0.1) is 0 Å². The fourth-order valence-electron chi connectivity index (χ4n) is 1.56. The molecule has 1 aliphatic rings. The average Bonchev–Trinajstić information content (AvgIpc) is 2.33. The molecule has 1 aromatic carbocycles. The van der Waals surface area contributed by atoms with E-state index >= 15 is 0 Å². The van der Waals surface area contributed by atoms with Gasteiger partial charge in [-0.2, -0.15) is 0 Å². The Balaban J connectivity index is 2.35. The number of benzene rings is 1. The Kier molecular flexibility index (Phi) is 3.34. The monoisotopic (exact) mass is 284 g/mol. The molecule has 0 aliphatic heterocycles. The van der Waals surface area contributed by atoms with Gasteiger partial charge in [-0.25, -0.2) is 0 Å². The van der Waals surface area contributed by atoms with E-state index in [0.29, 0.717) is 5.56 Å². The molecule has 0 radical (unpaired) electrons. The van der Waals surface area contributed by atoms with Crippen molar-refractivity contribution >= 4 is 29.0 Å². The highest BCUT2D eigenvalue weighted by molar-refractivity contribution is 6.51. The predicted molar refractivity (Wildman–Crippen MR) is 69.6 cm³/mol. The second-order valence-corrected chi connectivity index (χ2v) is 5.36. The first kappa shape index (κ1) is 13.3. The van der Waals surface area contributed by atoms with Gasteiger partial charge in [0.15, 0.2) is 10.1 Å². The molecule has 0 atom stereocenters. The summed E-state index contributed by atoms with van der Waals surface area (Å²) < 4.78 is -1.96. The molecule has 1 aliphatic carbocycles. The smallest absolute Gasteiger partial charge is 0.221 e. The maximum Gasteiger partial charge on any atom is 0.221 e. The van der Waals surface area contributed by atoms with Crippen LogP contribution in [0.3, 0.4) is 0 Å². The molecule has 5 heteroatoms. The van der Waals surface area contributed by atoms with Crippen molar-refractivity contribution in [2.24, 2.45) is 0 Å². The molecule has 0 saturated carbocycles. The van der Waals surface area contributed by atoms with Crippen LogP contribution in [-0.2, 0) is 0 Å². The van der Waals surface area contributed by atoms with Gasteiger partial charge >= 0.3 is 0 Å². The second kappa shape index (κ2) is 4.52. The Morgan fingerprint density at radius 2 is 1.72 bits per heavy atom. The molecule has 3 nitrogen and oxygen atoms in total. The summed E-state index contributed by atoms with van der Waals surface area (Å²) in [6.45, 7) is 0. The van der Waals surface area contributed by atoms with Crippen molar-refractivity contribution in [3.63, 3.8) is 0 Å². The van der Waals surface area contributed by atoms with Crippen LogP contribution in [-0.4, -0.2) is 26.1 Å². The zero-order valence-corrected chi connectivity index (χ0v) is 10.7. The van der Waals surface area contributed by atoms with Crippen LogP contribution in [0.25, 0.3) is 0 Å². The van der Waals surface area contributed by atoms with E-state index in [-0.39, 0.29) is 11.4 Å². The molecule has 0 saturated heterocycles. The number of Topliss-reactive ketones (excluding diaryl/α,β-unsaturated/α-hetero) is 1. The summed E-state index contributed by atoms with van der Waals surface area (Å²) >= 11 is 11.6. The molecule has 18 heavy (non-hydrogen) atoms. The largest absolute Gasteiger partial charge is 0.360 e. The van der Waals surface area contributed by atoms with Crippen molar-refractivity contribution in [1.29, 1.82) is 0 Å². The van der Waals surface area contributed by atoms with Crippen LogP contribution in [0.15, 0.2) is 54.1 Å². The summed E-state index contributed by atoms with van der Waals surface area (Å²) in [6.07, 6.45) is 3.41. The highest BCUT2D eigenvalue weighted by Crippen LogP contribution is 2.39. The molecular weight excluding hydrogens is 275 g/mol. The number of halogens is 2. The Bertz CT molecular complexity index is 530. The minimum atomic E-state index is -2.39. The van der Waals surface area contributed by atoms with Crippen LogP contribution < -0.4 is 0 Å². The first-order valence-electron chi connectivity index (χ1n) is 5.18. The number of alkyl halides is 2. The molecule has 94 valence electrons. The van der Waals surface area contributed by atoms with Gasteiger partial charge < -0.3 is 10.2 Å². The lowest BCUT2D eigenvalue weighted by Gasteiger charge is -2.32.